The van der Waals surface area contributed by atoms with Crippen LogP contribution in [0.1, 0.15) is 21.5 Å². The average molecular weight is 370 g/mol. The molecule has 28 heavy (non-hydrogen) atoms. The van der Waals surface area contributed by atoms with Crippen molar-refractivity contribution >= 4 is 22.4 Å². The van der Waals surface area contributed by atoms with Crippen molar-refractivity contribution in [2.24, 2.45) is 0 Å². The molecule has 0 N–H and O–H groups in total. The van der Waals surface area contributed by atoms with Gasteiger partial charge in [0.2, 0.25) is 0 Å². The molecular formula is C23H18N2O3. The van der Waals surface area contributed by atoms with Crippen LogP contribution in [-0.4, -0.2) is 17.0 Å². The highest BCUT2D eigenvalue weighted by Gasteiger charge is 2.19. The zero-order valence-corrected chi connectivity index (χ0v) is 15.4. The number of benzene rings is 2. The zero-order chi connectivity index (χ0) is 19.5. The Morgan fingerprint density at radius 2 is 1.82 bits per heavy atom. The number of aromatic nitrogens is 1. The summed E-state index contributed by atoms with van der Waals surface area (Å²) in [6, 6.07) is 21.1. The van der Waals surface area contributed by atoms with Gasteiger partial charge in [0, 0.05) is 5.39 Å². The molecule has 0 bridgehead atoms. The van der Waals surface area contributed by atoms with E-state index < -0.39 is 0 Å². The van der Waals surface area contributed by atoms with Gasteiger partial charge >= 0.3 is 5.97 Å². The molecule has 2 aromatic heterocycles. The van der Waals surface area contributed by atoms with Crippen LogP contribution in [0.5, 0.6) is 5.75 Å². The zero-order valence-electron chi connectivity index (χ0n) is 15.4. The third-order valence-corrected chi connectivity index (χ3v) is 4.61. The van der Waals surface area contributed by atoms with E-state index in [0.29, 0.717) is 11.3 Å². The summed E-state index contributed by atoms with van der Waals surface area (Å²) in [5.74, 6) is 0.194. The normalized spacial score (nSPS) is 10.7. The molecule has 0 fully saturated rings. The molecule has 4 rings (SSSR count). The van der Waals surface area contributed by atoms with Crippen LogP contribution < -0.4 is 4.74 Å². The maximum absolute atomic E-state index is 12.9. The first kappa shape index (κ1) is 17.6. The molecule has 0 aliphatic carbocycles. The van der Waals surface area contributed by atoms with Crippen molar-refractivity contribution in [2.75, 3.05) is 6.61 Å². The Labute approximate surface area is 162 Å². The van der Waals surface area contributed by atoms with Crippen molar-refractivity contribution in [3.8, 4) is 11.8 Å². The first-order valence-corrected chi connectivity index (χ1v) is 8.92. The van der Waals surface area contributed by atoms with E-state index in [2.05, 4.69) is 0 Å². The number of carbonyl (C=O) groups excluding carboxylic acids is 1. The number of hydrogen-bond donors (Lipinski definition) is 0. The smallest absolute Gasteiger partial charge is 0.341 e. The number of hydrogen-bond acceptors (Lipinski definition) is 4. The molecule has 5 nitrogen and oxygen atoms in total. The van der Waals surface area contributed by atoms with Crippen LogP contribution in [0.2, 0.25) is 0 Å². The first-order valence-electron chi connectivity index (χ1n) is 8.92. The average Bonchev–Trinajstić information content (AvgIpc) is 3.05. The van der Waals surface area contributed by atoms with Gasteiger partial charge in [-0.25, -0.2) is 4.79 Å². The van der Waals surface area contributed by atoms with Gasteiger partial charge in [0.25, 0.3) is 0 Å². The fraction of sp³-hybridized carbons (Fsp3) is 0.130. The topological polar surface area (TPSA) is 63.7 Å². The van der Waals surface area contributed by atoms with Gasteiger partial charge in [-0.3, -0.25) is 0 Å². The summed E-state index contributed by atoms with van der Waals surface area (Å²) >= 11 is 0. The monoisotopic (exact) mass is 370 g/mol. The number of nitrogens with zero attached hydrogens (tertiary/aromatic N) is 2. The summed E-state index contributed by atoms with van der Waals surface area (Å²) < 4.78 is 12.9. The highest BCUT2D eigenvalue weighted by Crippen LogP contribution is 2.29. The number of aryl methyl sites for hydroxylation is 1. The van der Waals surface area contributed by atoms with Crippen LogP contribution in [0.15, 0.2) is 66.9 Å². The van der Waals surface area contributed by atoms with E-state index >= 15 is 0 Å². The predicted octanol–water partition coefficient (Wildman–Crippen LogP) is 4.66. The predicted molar refractivity (Wildman–Crippen MR) is 106 cm³/mol. The molecule has 2 aromatic carbocycles. The van der Waals surface area contributed by atoms with Gasteiger partial charge in [-0.15, -0.1) is 0 Å². The maximum atomic E-state index is 12.9. The van der Waals surface area contributed by atoms with Crippen LogP contribution in [-0.2, 0) is 11.3 Å². The molecule has 0 saturated carbocycles. The summed E-state index contributed by atoms with van der Waals surface area (Å²) in [5.41, 5.74) is 4.24. The lowest BCUT2D eigenvalue weighted by Crippen LogP contribution is -2.05. The van der Waals surface area contributed by atoms with Gasteiger partial charge < -0.3 is 13.9 Å². The fourth-order valence-electron chi connectivity index (χ4n) is 3.24. The molecule has 0 saturated heterocycles. The van der Waals surface area contributed by atoms with Crippen molar-refractivity contribution in [2.45, 2.75) is 13.5 Å². The van der Waals surface area contributed by atoms with Crippen molar-refractivity contribution in [1.29, 1.82) is 5.26 Å². The summed E-state index contributed by atoms with van der Waals surface area (Å²) in [5, 5.41) is 9.53. The molecular weight excluding hydrogens is 352 g/mol. The lowest BCUT2D eigenvalue weighted by molar-refractivity contribution is 0.0477. The number of fused-ring (bicyclic) bond motifs is 3. The Balaban J connectivity index is 1.71. The lowest BCUT2D eigenvalue weighted by atomic mass is 10.1. The van der Waals surface area contributed by atoms with E-state index in [1.165, 1.54) is 0 Å². The van der Waals surface area contributed by atoms with Gasteiger partial charge in [0.15, 0.2) is 6.61 Å². The maximum Gasteiger partial charge on any atom is 0.341 e. The molecule has 0 amide bonds. The second-order valence-electron chi connectivity index (χ2n) is 6.52. The molecule has 0 radical (unpaired) electrons. The van der Waals surface area contributed by atoms with Gasteiger partial charge in [-0.2, -0.15) is 5.26 Å². The Bertz CT molecular complexity index is 1200. The number of pyridine rings is 1. The SMILES string of the molecule is Cc1ccc(COC(=O)c2c3ccccc3n3cc(OCC#N)ccc23)cc1. The second-order valence-corrected chi connectivity index (χ2v) is 6.52. The molecule has 138 valence electrons. The largest absolute Gasteiger partial charge is 0.477 e. The highest BCUT2D eigenvalue weighted by atomic mass is 16.5. The van der Waals surface area contributed by atoms with Crippen LogP contribution in [0.4, 0.5) is 0 Å². The Morgan fingerprint density at radius 3 is 2.61 bits per heavy atom. The fourth-order valence-corrected chi connectivity index (χ4v) is 3.24. The summed E-state index contributed by atoms with van der Waals surface area (Å²) in [6.45, 7) is 2.20. The number of rotatable bonds is 5. The van der Waals surface area contributed by atoms with Crippen molar-refractivity contribution in [3.05, 3.63) is 83.6 Å². The third-order valence-electron chi connectivity index (χ3n) is 4.61. The number of nitriles is 1. The van der Waals surface area contributed by atoms with Crippen LogP contribution in [0, 0.1) is 18.3 Å². The molecule has 5 heteroatoms. The van der Waals surface area contributed by atoms with Gasteiger partial charge in [-0.05, 0) is 30.7 Å². The van der Waals surface area contributed by atoms with E-state index in [1.807, 2.05) is 72.0 Å². The molecule has 0 spiro atoms. The summed E-state index contributed by atoms with van der Waals surface area (Å²) in [6.07, 6.45) is 1.78. The van der Waals surface area contributed by atoms with Crippen molar-refractivity contribution < 1.29 is 14.3 Å². The number of para-hydroxylation sites is 1. The molecule has 0 atom stereocenters. The molecule has 0 aliphatic rings. The minimum absolute atomic E-state index is 0.0316. The minimum Gasteiger partial charge on any atom is -0.477 e. The van der Waals surface area contributed by atoms with Crippen LogP contribution in [0.3, 0.4) is 0 Å². The van der Waals surface area contributed by atoms with E-state index in [-0.39, 0.29) is 19.2 Å². The Kier molecular flexibility index (Phi) is 4.69. The van der Waals surface area contributed by atoms with Crippen LogP contribution in [0.25, 0.3) is 16.4 Å². The lowest BCUT2D eigenvalue weighted by Gasteiger charge is -2.06. The number of ether oxygens (including phenoxy) is 2. The molecule has 0 unspecified atom stereocenters. The van der Waals surface area contributed by atoms with Gasteiger partial charge in [-0.1, -0.05) is 48.0 Å². The van der Waals surface area contributed by atoms with E-state index in [9.17, 15) is 4.79 Å². The van der Waals surface area contributed by atoms with Crippen LogP contribution >= 0.6 is 0 Å². The molecule has 2 heterocycles. The molecule has 4 aromatic rings. The van der Waals surface area contributed by atoms with Crippen molar-refractivity contribution in [1.82, 2.24) is 4.40 Å². The minimum atomic E-state index is -0.370. The van der Waals surface area contributed by atoms with Gasteiger partial charge in [0.05, 0.1) is 22.8 Å². The molecule has 0 aliphatic heterocycles. The second kappa shape index (κ2) is 7.45. The quantitative estimate of drug-likeness (QED) is 0.479. The van der Waals surface area contributed by atoms with Crippen molar-refractivity contribution in [3.63, 3.8) is 0 Å². The first-order chi connectivity index (χ1) is 13.7. The number of esters is 1. The van der Waals surface area contributed by atoms with Gasteiger partial charge in [0.1, 0.15) is 18.4 Å². The van der Waals surface area contributed by atoms with E-state index in [4.69, 9.17) is 14.7 Å². The summed E-state index contributed by atoms with van der Waals surface area (Å²) in [4.78, 5) is 12.9. The number of carbonyl (C=O) groups is 1. The highest BCUT2D eigenvalue weighted by molar-refractivity contribution is 6.11. The van der Waals surface area contributed by atoms with E-state index in [1.54, 1.807) is 12.3 Å². The Hall–Kier alpha value is -3.78. The third kappa shape index (κ3) is 3.28. The Morgan fingerprint density at radius 1 is 1.04 bits per heavy atom. The standard InChI is InChI=1S/C23H18N2O3/c1-16-6-8-17(9-7-16)15-28-23(26)22-19-4-2-3-5-20(19)25-14-18(27-13-12-24)10-11-21(22)25/h2-11,14H,13,15H2,1H3. The summed E-state index contributed by atoms with van der Waals surface area (Å²) in [7, 11) is 0. The van der Waals surface area contributed by atoms with E-state index in [0.717, 1.165) is 27.5 Å².